The molecule has 1 aromatic rings. The van der Waals surface area contributed by atoms with E-state index in [0.717, 1.165) is 24.0 Å². The number of rotatable bonds is 2. The van der Waals surface area contributed by atoms with Gasteiger partial charge >= 0.3 is 0 Å². The normalized spacial score (nSPS) is 25.4. The second-order valence-corrected chi connectivity index (χ2v) is 4.49. The minimum atomic E-state index is -0.326. The van der Waals surface area contributed by atoms with Crippen molar-refractivity contribution < 1.29 is 5.11 Å². The largest absolute Gasteiger partial charge is 0.388 e. The van der Waals surface area contributed by atoms with Gasteiger partial charge in [-0.05, 0) is 36.8 Å². The van der Waals surface area contributed by atoms with Crippen LogP contribution in [0.3, 0.4) is 0 Å². The zero-order valence-corrected chi connectivity index (χ0v) is 9.54. The van der Waals surface area contributed by atoms with Crippen LogP contribution >= 0.6 is 11.6 Å². The van der Waals surface area contributed by atoms with Crippen LogP contribution in [-0.2, 0) is 6.42 Å². The van der Waals surface area contributed by atoms with Gasteiger partial charge in [0, 0.05) is 5.54 Å². The molecule has 2 heteroatoms. The molecule has 15 heavy (non-hydrogen) atoms. The molecule has 0 fully saturated rings. The minimum absolute atomic E-state index is 0.289. The minimum Gasteiger partial charge on any atom is -0.388 e. The molecule has 0 amide bonds. The molecule has 1 N–H and O–H groups in total. The smallest absolute Gasteiger partial charge is 0.0827 e. The highest BCUT2D eigenvalue weighted by Crippen LogP contribution is 2.38. The highest BCUT2D eigenvalue weighted by molar-refractivity contribution is 6.25. The van der Waals surface area contributed by atoms with Gasteiger partial charge in [0.15, 0.2) is 0 Å². The topological polar surface area (TPSA) is 20.2 Å². The Morgan fingerprint density at radius 2 is 2.27 bits per heavy atom. The average molecular weight is 223 g/mol. The maximum atomic E-state index is 10.1. The standard InChI is InChI=1S/C13H15ClO/c1-9(8-14)6-11-7-10-4-2-3-5-12(10)13(11)15/h2-5,8,11,13,15H,6-7H2,1H3/b9-8-. The summed E-state index contributed by atoms with van der Waals surface area (Å²) in [6.07, 6.45) is 1.51. The molecular formula is C13H15ClO. The first kappa shape index (κ1) is 10.7. The van der Waals surface area contributed by atoms with Crippen molar-refractivity contribution in [3.8, 4) is 0 Å². The highest BCUT2D eigenvalue weighted by Gasteiger charge is 2.30. The lowest BCUT2D eigenvalue weighted by molar-refractivity contribution is 0.123. The van der Waals surface area contributed by atoms with Gasteiger partial charge in [-0.25, -0.2) is 0 Å². The molecule has 2 rings (SSSR count). The van der Waals surface area contributed by atoms with Crippen LogP contribution in [0.4, 0.5) is 0 Å². The maximum absolute atomic E-state index is 10.1. The lowest BCUT2D eigenvalue weighted by Crippen LogP contribution is -2.07. The zero-order valence-electron chi connectivity index (χ0n) is 8.78. The molecule has 0 heterocycles. The molecule has 80 valence electrons. The second kappa shape index (κ2) is 4.38. The molecular weight excluding hydrogens is 208 g/mol. The molecule has 0 radical (unpaired) electrons. The molecule has 0 saturated carbocycles. The predicted molar refractivity (Wildman–Crippen MR) is 62.8 cm³/mol. The molecule has 1 aliphatic rings. The molecule has 0 spiro atoms. The Bertz CT molecular complexity index is 384. The fourth-order valence-corrected chi connectivity index (χ4v) is 2.39. The summed E-state index contributed by atoms with van der Waals surface area (Å²) in [5, 5.41) is 10.1. The van der Waals surface area contributed by atoms with E-state index in [-0.39, 0.29) is 12.0 Å². The van der Waals surface area contributed by atoms with Crippen molar-refractivity contribution in [1.82, 2.24) is 0 Å². The van der Waals surface area contributed by atoms with Crippen molar-refractivity contribution in [3.63, 3.8) is 0 Å². The number of aliphatic hydroxyl groups is 1. The number of aliphatic hydroxyl groups excluding tert-OH is 1. The van der Waals surface area contributed by atoms with Gasteiger partial charge in [-0.15, -0.1) is 0 Å². The summed E-state index contributed by atoms with van der Waals surface area (Å²) in [4.78, 5) is 0. The third-order valence-corrected chi connectivity index (χ3v) is 3.45. The summed E-state index contributed by atoms with van der Waals surface area (Å²) in [6, 6.07) is 8.12. The van der Waals surface area contributed by atoms with Crippen molar-refractivity contribution >= 4 is 11.6 Å². The summed E-state index contributed by atoms with van der Waals surface area (Å²) in [5.41, 5.74) is 5.10. The van der Waals surface area contributed by atoms with Crippen LogP contribution in [0.5, 0.6) is 0 Å². The molecule has 1 aromatic carbocycles. The fourth-order valence-electron chi connectivity index (χ4n) is 2.30. The van der Waals surface area contributed by atoms with E-state index >= 15 is 0 Å². The van der Waals surface area contributed by atoms with Crippen LogP contribution in [0.25, 0.3) is 0 Å². The third-order valence-electron chi connectivity index (χ3n) is 3.07. The van der Waals surface area contributed by atoms with E-state index in [4.69, 9.17) is 11.6 Å². The average Bonchev–Trinajstić information content (AvgIpc) is 2.57. The van der Waals surface area contributed by atoms with Crippen molar-refractivity contribution in [1.29, 1.82) is 0 Å². The molecule has 0 aliphatic heterocycles. The van der Waals surface area contributed by atoms with Gasteiger partial charge < -0.3 is 5.11 Å². The van der Waals surface area contributed by atoms with Crippen molar-refractivity contribution in [2.45, 2.75) is 25.9 Å². The van der Waals surface area contributed by atoms with E-state index in [1.807, 2.05) is 25.1 Å². The first-order valence-corrected chi connectivity index (χ1v) is 5.67. The number of allylic oxidation sites excluding steroid dienone is 1. The maximum Gasteiger partial charge on any atom is 0.0827 e. The SMILES string of the molecule is C/C(=C/Cl)CC1Cc2ccccc2C1O. The van der Waals surface area contributed by atoms with Crippen molar-refractivity contribution in [3.05, 3.63) is 46.5 Å². The van der Waals surface area contributed by atoms with Crippen LogP contribution in [0.1, 0.15) is 30.6 Å². The first-order valence-electron chi connectivity index (χ1n) is 5.24. The third kappa shape index (κ3) is 2.09. The summed E-state index contributed by atoms with van der Waals surface area (Å²) in [6.45, 7) is 2.00. The van der Waals surface area contributed by atoms with Crippen molar-refractivity contribution in [2.24, 2.45) is 5.92 Å². The van der Waals surface area contributed by atoms with E-state index in [1.54, 1.807) is 5.54 Å². The van der Waals surface area contributed by atoms with Gasteiger partial charge in [-0.1, -0.05) is 41.4 Å². The Balaban J connectivity index is 2.16. The van der Waals surface area contributed by atoms with Crippen LogP contribution in [-0.4, -0.2) is 5.11 Å². The van der Waals surface area contributed by atoms with Gasteiger partial charge in [0.1, 0.15) is 0 Å². The fraction of sp³-hybridized carbons (Fsp3) is 0.385. The Hall–Kier alpha value is -0.790. The Morgan fingerprint density at radius 1 is 1.53 bits per heavy atom. The van der Waals surface area contributed by atoms with Crippen LogP contribution < -0.4 is 0 Å². The zero-order chi connectivity index (χ0) is 10.8. The van der Waals surface area contributed by atoms with E-state index in [2.05, 4.69) is 6.07 Å². The Kier molecular flexibility index (Phi) is 3.13. The van der Waals surface area contributed by atoms with Crippen LogP contribution in [0.15, 0.2) is 35.4 Å². The molecule has 0 saturated heterocycles. The number of halogens is 1. The predicted octanol–water partition coefficient (Wildman–Crippen LogP) is 3.43. The summed E-state index contributed by atoms with van der Waals surface area (Å²) < 4.78 is 0. The van der Waals surface area contributed by atoms with E-state index in [0.29, 0.717) is 0 Å². The van der Waals surface area contributed by atoms with E-state index in [1.165, 1.54) is 5.56 Å². The second-order valence-electron chi connectivity index (χ2n) is 4.27. The van der Waals surface area contributed by atoms with E-state index < -0.39 is 0 Å². The van der Waals surface area contributed by atoms with Gasteiger partial charge in [0.2, 0.25) is 0 Å². The number of fused-ring (bicyclic) bond motifs is 1. The molecule has 2 atom stereocenters. The molecule has 0 bridgehead atoms. The molecule has 1 nitrogen and oxygen atoms in total. The number of hydrogen-bond donors (Lipinski definition) is 1. The van der Waals surface area contributed by atoms with Crippen LogP contribution in [0.2, 0.25) is 0 Å². The highest BCUT2D eigenvalue weighted by atomic mass is 35.5. The van der Waals surface area contributed by atoms with Gasteiger partial charge in [-0.2, -0.15) is 0 Å². The summed E-state index contributed by atoms with van der Waals surface area (Å²) in [7, 11) is 0. The quantitative estimate of drug-likeness (QED) is 0.813. The molecule has 2 unspecified atom stereocenters. The van der Waals surface area contributed by atoms with Crippen LogP contribution in [0, 0.1) is 5.92 Å². The van der Waals surface area contributed by atoms with Gasteiger partial charge in [-0.3, -0.25) is 0 Å². The molecule has 1 aliphatic carbocycles. The summed E-state index contributed by atoms with van der Waals surface area (Å²) >= 11 is 5.65. The van der Waals surface area contributed by atoms with Crippen molar-refractivity contribution in [2.75, 3.05) is 0 Å². The lowest BCUT2D eigenvalue weighted by atomic mass is 9.96. The molecule has 0 aromatic heterocycles. The lowest BCUT2D eigenvalue weighted by Gasteiger charge is -2.14. The number of hydrogen-bond acceptors (Lipinski definition) is 1. The summed E-state index contributed by atoms with van der Waals surface area (Å²) in [5.74, 6) is 0.289. The van der Waals surface area contributed by atoms with Gasteiger partial charge in [0.05, 0.1) is 6.10 Å². The first-order chi connectivity index (χ1) is 7.22. The Morgan fingerprint density at radius 3 is 2.93 bits per heavy atom. The van der Waals surface area contributed by atoms with E-state index in [9.17, 15) is 5.11 Å². The van der Waals surface area contributed by atoms with Gasteiger partial charge in [0.25, 0.3) is 0 Å². The Labute approximate surface area is 95.4 Å². The number of benzene rings is 1. The monoisotopic (exact) mass is 222 g/mol.